The van der Waals surface area contributed by atoms with Gasteiger partial charge >= 0.3 is 0 Å². The molecule has 0 radical (unpaired) electrons. The smallest absolute Gasteiger partial charge is 0.0952 e. The van der Waals surface area contributed by atoms with Gasteiger partial charge in [0.05, 0.1) is 12.7 Å². The van der Waals surface area contributed by atoms with Gasteiger partial charge in [-0.1, -0.05) is 37.6 Å². The highest BCUT2D eigenvalue weighted by molar-refractivity contribution is 6.17. The first-order valence-electron chi connectivity index (χ1n) is 7.81. The molecule has 0 saturated carbocycles. The van der Waals surface area contributed by atoms with E-state index < -0.39 is 0 Å². The van der Waals surface area contributed by atoms with Crippen LogP contribution in [0.2, 0.25) is 0 Å². The lowest BCUT2D eigenvalue weighted by atomic mass is 9.97. The van der Waals surface area contributed by atoms with E-state index in [0.717, 1.165) is 38.4 Å². The summed E-state index contributed by atoms with van der Waals surface area (Å²) >= 11 is 5.87. The predicted molar refractivity (Wildman–Crippen MR) is 85.4 cm³/mol. The Labute approximate surface area is 127 Å². The van der Waals surface area contributed by atoms with Crippen LogP contribution < -0.4 is 5.32 Å². The minimum atomic E-state index is 0.207. The minimum absolute atomic E-state index is 0.207. The van der Waals surface area contributed by atoms with Crippen molar-refractivity contribution in [3.8, 4) is 0 Å². The fraction of sp³-hybridized carbons (Fsp3) is 0.647. The van der Waals surface area contributed by atoms with Gasteiger partial charge in [0.2, 0.25) is 0 Å². The molecule has 1 aromatic carbocycles. The van der Waals surface area contributed by atoms with Crippen molar-refractivity contribution in [1.29, 1.82) is 0 Å². The van der Waals surface area contributed by atoms with E-state index >= 15 is 0 Å². The van der Waals surface area contributed by atoms with Crippen LogP contribution in [0, 0.1) is 5.92 Å². The molecule has 0 spiro atoms. The molecule has 2 atom stereocenters. The van der Waals surface area contributed by atoms with E-state index in [2.05, 4.69) is 36.5 Å². The Morgan fingerprint density at radius 2 is 2.20 bits per heavy atom. The molecule has 1 aliphatic heterocycles. The topological polar surface area (TPSA) is 21.3 Å². The van der Waals surface area contributed by atoms with Gasteiger partial charge in [-0.05, 0) is 42.9 Å². The lowest BCUT2D eigenvalue weighted by Crippen LogP contribution is -2.31. The first kappa shape index (κ1) is 15.8. The van der Waals surface area contributed by atoms with Crippen molar-refractivity contribution in [3.63, 3.8) is 0 Å². The molecule has 0 amide bonds. The van der Waals surface area contributed by atoms with Crippen LogP contribution in [-0.2, 0) is 11.2 Å². The standard InChI is InChI=1S/C17H26ClNO/c1-2-5-14(8-10-18)12-19-13-17-16-7-4-3-6-15(16)9-11-20-17/h3-4,6-7,14,17,19H,2,5,8-13H2,1H3. The number of fused-ring (bicyclic) bond motifs is 1. The maximum absolute atomic E-state index is 5.92. The van der Waals surface area contributed by atoms with Gasteiger partial charge in [0.25, 0.3) is 0 Å². The molecular formula is C17H26ClNO. The van der Waals surface area contributed by atoms with Gasteiger partial charge in [0.1, 0.15) is 0 Å². The molecule has 2 rings (SSSR count). The Kier molecular flexibility index (Phi) is 6.85. The van der Waals surface area contributed by atoms with Crippen LogP contribution >= 0.6 is 11.6 Å². The Balaban J connectivity index is 1.82. The fourth-order valence-electron chi connectivity index (χ4n) is 2.98. The summed E-state index contributed by atoms with van der Waals surface area (Å²) in [4.78, 5) is 0. The van der Waals surface area contributed by atoms with Gasteiger partial charge in [-0.25, -0.2) is 0 Å². The van der Waals surface area contributed by atoms with E-state index in [1.54, 1.807) is 0 Å². The van der Waals surface area contributed by atoms with Crippen LogP contribution in [-0.4, -0.2) is 25.6 Å². The van der Waals surface area contributed by atoms with Crippen LogP contribution in [0.5, 0.6) is 0 Å². The Morgan fingerprint density at radius 3 is 3.00 bits per heavy atom. The number of benzene rings is 1. The van der Waals surface area contributed by atoms with Gasteiger partial charge in [0, 0.05) is 12.4 Å². The molecule has 112 valence electrons. The molecule has 3 heteroatoms. The molecule has 1 aliphatic rings. The third-order valence-electron chi connectivity index (χ3n) is 4.07. The third-order valence-corrected chi connectivity index (χ3v) is 4.29. The van der Waals surface area contributed by atoms with Gasteiger partial charge < -0.3 is 10.1 Å². The van der Waals surface area contributed by atoms with Gasteiger partial charge in [0.15, 0.2) is 0 Å². The summed E-state index contributed by atoms with van der Waals surface area (Å²) in [6.45, 7) is 5.02. The highest BCUT2D eigenvalue weighted by atomic mass is 35.5. The van der Waals surface area contributed by atoms with Crippen LogP contribution in [0.25, 0.3) is 0 Å². The second-order valence-corrected chi connectivity index (χ2v) is 5.98. The molecule has 0 aliphatic carbocycles. The highest BCUT2D eigenvalue weighted by Gasteiger charge is 2.20. The largest absolute Gasteiger partial charge is 0.372 e. The summed E-state index contributed by atoms with van der Waals surface area (Å²) in [6.07, 6.45) is 4.83. The zero-order valence-electron chi connectivity index (χ0n) is 12.4. The summed E-state index contributed by atoms with van der Waals surface area (Å²) in [5.74, 6) is 1.45. The SMILES string of the molecule is CCCC(CCCl)CNCC1OCCc2ccccc21. The van der Waals surface area contributed by atoms with E-state index in [4.69, 9.17) is 16.3 Å². The van der Waals surface area contributed by atoms with Crippen molar-refractivity contribution >= 4 is 11.6 Å². The maximum atomic E-state index is 5.92. The summed E-state index contributed by atoms with van der Waals surface area (Å²) in [5, 5.41) is 3.58. The van der Waals surface area contributed by atoms with Crippen molar-refractivity contribution in [2.45, 2.75) is 38.7 Å². The van der Waals surface area contributed by atoms with Gasteiger partial charge in [-0.3, -0.25) is 0 Å². The number of rotatable bonds is 8. The molecule has 0 fully saturated rings. The highest BCUT2D eigenvalue weighted by Crippen LogP contribution is 2.26. The molecule has 0 saturated heterocycles. The normalized spacial score (nSPS) is 19.6. The van der Waals surface area contributed by atoms with E-state index in [1.807, 2.05) is 0 Å². The van der Waals surface area contributed by atoms with Crippen LogP contribution in [0.15, 0.2) is 24.3 Å². The average molecular weight is 296 g/mol. The van der Waals surface area contributed by atoms with Crippen LogP contribution in [0.1, 0.15) is 43.4 Å². The van der Waals surface area contributed by atoms with E-state index in [0.29, 0.717) is 5.92 Å². The van der Waals surface area contributed by atoms with E-state index in [9.17, 15) is 0 Å². The molecule has 1 heterocycles. The van der Waals surface area contributed by atoms with Crippen LogP contribution in [0.3, 0.4) is 0 Å². The lowest BCUT2D eigenvalue weighted by Gasteiger charge is -2.27. The molecule has 1 N–H and O–H groups in total. The first-order chi connectivity index (χ1) is 9.85. The second-order valence-electron chi connectivity index (χ2n) is 5.60. The summed E-state index contributed by atoms with van der Waals surface area (Å²) in [7, 11) is 0. The summed E-state index contributed by atoms with van der Waals surface area (Å²) < 4.78 is 5.92. The first-order valence-corrected chi connectivity index (χ1v) is 8.34. The van der Waals surface area contributed by atoms with Crippen molar-refractivity contribution in [1.82, 2.24) is 5.32 Å². The minimum Gasteiger partial charge on any atom is -0.372 e. The van der Waals surface area contributed by atoms with Gasteiger partial charge in [-0.15, -0.1) is 11.6 Å². The monoisotopic (exact) mass is 295 g/mol. The molecular weight excluding hydrogens is 270 g/mol. The zero-order valence-corrected chi connectivity index (χ0v) is 13.2. The lowest BCUT2D eigenvalue weighted by molar-refractivity contribution is 0.0419. The quantitative estimate of drug-likeness (QED) is 0.734. The number of hydrogen-bond acceptors (Lipinski definition) is 2. The fourth-order valence-corrected chi connectivity index (χ4v) is 3.28. The Hall–Kier alpha value is -0.570. The molecule has 20 heavy (non-hydrogen) atoms. The predicted octanol–water partition coefficient (Wildman–Crippen LogP) is 3.94. The number of alkyl halides is 1. The number of halogens is 1. The second kappa shape index (κ2) is 8.66. The molecule has 0 aromatic heterocycles. The molecule has 1 aromatic rings. The van der Waals surface area contributed by atoms with Crippen molar-refractivity contribution in [2.75, 3.05) is 25.6 Å². The number of nitrogens with one attached hydrogen (secondary N) is 1. The van der Waals surface area contributed by atoms with E-state index in [-0.39, 0.29) is 6.10 Å². The molecule has 2 nitrogen and oxygen atoms in total. The Bertz CT molecular complexity index is 390. The summed E-state index contributed by atoms with van der Waals surface area (Å²) in [5.41, 5.74) is 2.80. The summed E-state index contributed by atoms with van der Waals surface area (Å²) in [6, 6.07) is 8.64. The number of ether oxygens (including phenoxy) is 1. The maximum Gasteiger partial charge on any atom is 0.0952 e. The van der Waals surface area contributed by atoms with Crippen molar-refractivity contribution in [3.05, 3.63) is 35.4 Å². The van der Waals surface area contributed by atoms with Gasteiger partial charge in [-0.2, -0.15) is 0 Å². The number of hydrogen-bond donors (Lipinski definition) is 1. The van der Waals surface area contributed by atoms with Crippen molar-refractivity contribution in [2.24, 2.45) is 5.92 Å². The Morgan fingerprint density at radius 1 is 1.35 bits per heavy atom. The van der Waals surface area contributed by atoms with Crippen LogP contribution in [0.4, 0.5) is 0 Å². The average Bonchev–Trinajstić information content (AvgIpc) is 2.48. The zero-order chi connectivity index (χ0) is 14.2. The van der Waals surface area contributed by atoms with E-state index in [1.165, 1.54) is 24.0 Å². The molecule has 2 unspecified atom stereocenters. The third kappa shape index (κ3) is 4.47. The van der Waals surface area contributed by atoms with Crippen molar-refractivity contribution < 1.29 is 4.74 Å². The molecule has 0 bridgehead atoms.